The maximum Gasteiger partial charge on any atom is 0.393 e. The molecular formula is C13H17F3N2. The maximum atomic E-state index is 12.2. The number of hydrogen-bond donors (Lipinski definition) is 2. The highest BCUT2D eigenvalue weighted by molar-refractivity contribution is 5.45. The Bertz CT molecular complexity index is 367. The average Bonchev–Trinajstić information content (AvgIpc) is 2.31. The summed E-state index contributed by atoms with van der Waals surface area (Å²) in [4.78, 5) is 0. The van der Waals surface area contributed by atoms with Gasteiger partial charge in [-0.05, 0) is 37.1 Å². The third-order valence-corrected chi connectivity index (χ3v) is 3.03. The zero-order valence-electron chi connectivity index (χ0n) is 10.1. The van der Waals surface area contributed by atoms with Gasteiger partial charge in [0.15, 0.2) is 0 Å². The van der Waals surface area contributed by atoms with Crippen LogP contribution in [0.5, 0.6) is 0 Å². The molecule has 0 bridgehead atoms. The molecule has 100 valence electrons. The van der Waals surface area contributed by atoms with E-state index in [0.29, 0.717) is 11.6 Å². The maximum absolute atomic E-state index is 12.2. The Morgan fingerprint density at radius 1 is 1.22 bits per heavy atom. The van der Waals surface area contributed by atoms with Gasteiger partial charge >= 0.3 is 6.18 Å². The van der Waals surface area contributed by atoms with Gasteiger partial charge in [0.2, 0.25) is 0 Å². The highest BCUT2D eigenvalue weighted by Crippen LogP contribution is 2.22. The number of rotatable bonds is 3. The Hall–Kier alpha value is -1.23. The molecule has 1 unspecified atom stereocenters. The largest absolute Gasteiger partial charge is 0.393 e. The Morgan fingerprint density at radius 3 is 2.50 bits per heavy atom. The Kier molecular flexibility index (Phi) is 4.11. The first-order valence-corrected chi connectivity index (χ1v) is 6.16. The van der Waals surface area contributed by atoms with Crippen LogP contribution in [0.1, 0.15) is 18.4 Å². The van der Waals surface area contributed by atoms with Gasteiger partial charge in [-0.15, -0.1) is 0 Å². The lowest BCUT2D eigenvalue weighted by atomic mass is 10.1. The molecule has 0 radical (unpaired) electrons. The second-order valence-corrected chi connectivity index (χ2v) is 4.68. The van der Waals surface area contributed by atoms with Gasteiger partial charge in [0.05, 0.1) is 6.42 Å². The second kappa shape index (κ2) is 5.61. The van der Waals surface area contributed by atoms with Gasteiger partial charge < -0.3 is 10.6 Å². The molecule has 0 spiro atoms. The lowest BCUT2D eigenvalue weighted by Crippen LogP contribution is -2.38. The van der Waals surface area contributed by atoms with Crippen LogP contribution in [-0.4, -0.2) is 25.3 Å². The summed E-state index contributed by atoms with van der Waals surface area (Å²) in [6.07, 6.45) is -2.78. The monoisotopic (exact) mass is 258 g/mol. The van der Waals surface area contributed by atoms with Crippen molar-refractivity contribution in [2.45, 2.75) is 31.5 Å². The predicted octanol–water partition coefficient (Wildman–Crippen LogP) is 2.96. The first-order valence-electron chi connectivity index (χ1n) is 6.16. The van der Waals surface area contributed by atoms with Crippen molar-refractivity contribution in [1.82, 2.24) is 5.32 Å². The molecule has 1 aliphatic rings. The van der Waals surface area contributed by atoms with Gasteiger partial charge in [-0.25, -0.2) is 0 Å². The lowest BCUT2D eigenvalue weighted by molar-refractivity contribution is -0.127. The summed E-state index contributed by atoms with van der Waals surface area (Å²) in [6, 6.07) is 6.87. The van der Waals surface area contributed by atoms with Gasteiger partial charge in [0.25, 0.3) is 0 Å². The van der Waals surface area contributed by atoms with Gasteiger partial charge in [0, 0.05) is 18.3 Å². The number of alkyl halides is 3. The van der Waals surface area contributed by atoms with E-state index in [1.165, 1.54) is 12.1 Å². The quantitative estimate of drug-likeness (QED) is 0.871. The van der Waals surface area contributed by atoms with Crippen LogP contribution < -0.4 is 10.6 Å². The van der Waals surface area contributed by atoms with Crippen LogP contribution in [0.2, 0.25) is 0 Å². The molecule has 1 fully saturated rings. The summed E-state index contributed by atoms with van der Waals surface area (Å²) in [7, 11) is 0. The van der Waals surface area contributed by atoms with E-state index in [1.807, 2.05) is 0 Å². The van der Waals surface area contributed by atoms with E-state index in [4.69, 9.17) is 0 Å². The second-order valence-electron chi connectivity index (χ2n) is 4.68. The summed E-state index contributed by atoms with van der Waals surface area (Å²) in [5.74, 6) is 0. The van der Waals surface area contributed by atoms with Crippen LogP contribution in [0.25, 0.3) is 0 Å². The molecule has 0 saturated carbocycles. The van der Waals surface area contributed by atoms with E-state index in [-0.39, 0.29) is 0 Å². The van der Waals surface area contributed by atoms with Crippen molar-refractivity contribution >= 4 is 5.69 Å². The topological polar surface area (TPSA) is 24.1 Å². The van der Waals surface area contributed by atoms with Crippen LogP contribution in [0.3, 0.4) is 0 Å². The van der Waals surface area contributed by atoms with Crippen molar-refractivity contribution in [3.63, 3.8) is 0 Å². The fourth-order valence-corrected chi connectivity index (χ4v) is 2.16. The van der Waals surface area contributed by atoms with Crippen molar-refractivity contribution < 1.29 is 13.2 Å². The van der Waals surface area contributed by atoms with Crippen LogP contribution in [0.4, 0.5) is 18.9 Å². The van der Waals surface area contributed by atoms with E-state index in [2.05, 4.69) is 10.6 Å². The smallest absolute Gasteiger partial charge is 0.381 e. The van der Waals surface area contributed by atoms with Crippen molar-refractivity contribution in [1.29, 1.82) is 0 Å². The summed E-state index contributed by atoms with van der Waals surface area (Å²) in [5, 5.41) is 6.61. The number of benzene rings is 1. The molecule has 0 aromatic heterocycles. The molecule has 1 aliphatic heterocycles. The third-order valence-electron chi connectivity index (χ3n) is 3.03. The van der Waals surface area contributed by atoms with Crippen LogP contribution in [-0.2, 0) is 6.42 Å². The molecule has 1 heterocycles. The fourth-order valence-electron chi connectivity index (χ4n) is 2.16. The van der Waals surface area contributed by atoms with E-state index >= 15 is 0 Å². The van der Waals surface area contributed by atoms with Crippen LogP contribution in [0, 0.1) is 0 Å². The van der Waals surface area contributed by atoms with Gasteiger partial charge in [-0.2, -0.15) is 13.2 Å². The Labute approximate surface area is 105 Å². The van der Waals surface area contributed by atoms with Crippen molar-refractivity contribution in [2.75, 3.05) is 18.4 Å². The van der Waals surface area contributed by atoms with E-state index in [1.54, 1.807) is 12.1 Å². The van der Waals surface area contributed by atoms with E-state index in [0.717, 1.165) is 31.6 Å². The van der Waals surface area contributed by atoms with E-state index in [9.17, 15) is 13.2 Å². The van der Waals surface area contributed by atoms with Crippen LogP contribution >= 0.6 is 0 Å². The highest BCUT2D eigenvalue weighted by Gasteiger charge is 2.27. The Balaban J connectivity index is 1.90. The summed E-state index contributed by atoms with van der Waals surface area (Å²) < 4.78 is 36.6. The zero-order chi connectivity index (χ0) is 13.0. The average molecular weight is 258 g/mol. The molecule has 1 aromatic carbocycles. The molecule has 18 heavy (non-hydrogen) atoms. The summed E-state index contributed by atoms with van der Waals surface area (Å²) in [5.41, 5.74) is 1.18. The fraction of sp³-hybridized carbons (Fsp3) is 0.538. The Morgan fingerprint density at radius 2 is 1.94 bits per heavy atom. The minimum atomic E-state index is -4.14. The van der Waals surface area contributed by atoms with Crippen molar-refractivity contribution in [2.24, 2.45) is 0 Å². The number of anilines is 1. The standard InChI is InChI=1S/C13H17F3N2/c14-13(15,16)8-10-3-5-11(6-4-10)18-12-2-1-7-17-9-12/h3-6,12,17-18H,1-2,7-9H2. The minimum absolute atomic E-state index is 0.301. The molecular weight excluding hydrogens is 241 g/mol. The lowest BCUT2D eigenvalue weighted by Gasteiger charge is -2.24. The molecule has 5 heteroatoms. The number of hydrogen-bond acceptors (Lipinski definition) is 2. The normalized spacial score (nSPS) is 20.7. The van der Waals surface area contributed by atoms with E-state index < -0.39 is 12.6 Å². The number of piperidine rings is 1. The molecule has 2 N–H and O–H groups in total. The molecule has 2 nitrogen and oxygen atoms in total. The highest BCUT2D eigenvalue weighted by atomic mass is 19.4. The third kappa shape index (κ3) is 4.22. The van der Waals surface area contributed by atoms with Crippen LogP contribution in [0.15, 0.2) is 24.3 Å². The van der Waals surface area contributed by atoms with Crippen molar-refractivity contribution in [3.05, 3.63) is 29.8 Å². The molecule has 1 atom stereocenters. The first-order chi connectivity index (χ1) is 8.53. The first kappa shape index (κ1) is 13.2. The van der Waals surface area contributed by atoms with Gasteiger partial charge in [-0.3, -0.25) is 0 Å². The zero-order valence-corrected chi connectivity index (χ0v) is 10.1. The SMILES string of the molecule is FC(F)(F)Cc1ccc(NC2CCCNC2)cc1. The van der Waals surface area contributed by atoms with Gasteiger partial charge in [0.1, 0.15) is 0 Å². The minimum Gasteiger partial charge on any atom is -0.381 e. The molecule has 0 amide bonds. The van der Waals surface area contributed by atoms with Crippen molar-refractivity contribution in [3.8, 4) is 0 Å². The predicted molar refractivity (Wildman–Crippen MR) is 65.7 cm³/mol. The summed E-state index contributed by atoms with van der Waals surface area (Å²) >= 11 is 0. The molecule has 1 saturated heterocycles. The number of halogens is 3. The molecule has 0 aliphatic carbocycles. The van der Waals surface area contributed by atoms with Gasteiger partial charge in [-0.1, -0.05) is 12.1 Å². The number of nitrogens with one attached hydrogen (secondary N) is 2. The molecule has 1 aromatic rings. The molecule has 2 rings (SSSR count). The summed E-state index contributed by atoms with van der Waals surface area (Å²) in [6.45, 7) is 1.95.